The van der Waals surface area contributed by atoms with Gasteiger partial charge in [-0.15, -0.1) is 0 Å². The molecule has 2 atom stereocenters. The van der Waals surface area contributed by atoms with Crippen molar-refractivity contribution in [3.63, 3.8) is 0 Å². The third-order valence-corrected chi connectivity index (χ3v) is 5.03. The summed E-state index contributed by atoms with van der Waals surface area (Å²) in [4.78, 5) is -0.426. The lowest BCUT2D eigenvalue weighted by molar-refractivity contribution is 0.134. The molecule has 106 valence electrons. The van der Waals surface area contributed by atoms with Gasteiger partial charge in [0.15, 0.2) is 0 Å². The summed E-state index contributed by atoms with van der Waals surface area (Å²) in [5.74, 6) is -0.989. The summed E-state index contributed by atoms with van der Waals surface area (Å²) in [6.45, 7) is 0.117. The van der Waals surface area contributed by atoms with Crippen LogP contribution in [-0.2, 0) is 10.0 Å². The summed E-state index contributed by atoms with van der Waals surface area (Å²) < 4.78 is 39.8. The summed E-state index contributed by atoms with van der Waals surface area (Å²) >= 11 is 5.58. The van der Waals surface area contributed by atoms with Crippen LogP contribution in [0, 0.1) is 11.7 Å². The van der Waals surface area contributed by atoms with Crippen molar-refractivity contribution in [1.29, 1.82) is 0 Å². The number of nitrogens with one attached hydrogen (secondary N) is 1. The molecule has 0 radical (unpaired) electrons. The molecule has 0 bridgehead atoms. The number of aliphatic hydroxyl groups is 1. The average Bonchev–Trinajstić information content (AvgIpc) is 2.72. The molecule has 1 fully saturated rings. The molecule has 0 spiro atoms. The first kappa shape index (κ1) is 14.7. The lowest BCUT2D eigenvalue weighted by Gasteiger charge is -2.15. The Kier molecular flexibility index (Phi) is 4.45. The molecular formula is C12H15ClFNO3S. The number of hydrogen-bond acceptors (Lipinski definition) is 3. The molecular weight excluding hydrogens is 293 g/mol. The van der Waals surface area contributed by atoms with Crippen LogP contribution < -0.4 is 4.72 Å². The average molecular weight is 308 g/mol. The van der Waals surface area contributed by atoms with Crippen molar-refractivity contribution in [2.45, 2.75) is 30.3 Å². The molecule has 0 aromatic heterocycles. The molecule has 19 heavy (non-hydrogen) atoms. The topological polar surface area (TPSA) is 66.4 Å². The molecule has 1 saturated carbocycles. The maximum absolute atomic E-state index is 13.6. The maximum atomic E-state index is 13.6. The number of hydrogen-bond donors (Lipinski definition) is 2. The highest BCUT2D eigenvalue weighted by atomic mass is 35.5. The van der Waals surface area contributed by atoms with E-state index in [0.717, 1.165) is 25.0 Å². The van der Waals surface area contributed by atoms with Crippen molar-refractivity contribution >= 4 is 21.6 Å². The van der Waals surface area contributed by atoms with Crippen molar-refractivity contribution in [1.82, 2.24) is 4.72 Å². The fraction of sp³-hybridized carbons (Fsp3) is 0.500. The Morgan fingerprint density at radius 2 is 2.16 bits per heavy atom. The van der Waals surface area contributed by atoms with Crippen LogP contribution >= 0.6 is 11.6 Å². The van der Waals surface area contributed by atoms with Crippen molar-refractivity contribution in [3.8, 4) is 0 Å². The summed E-state index contributed by atoms with van der Waals surface area (Å²) in [7, 11) is -3.91. The molecule has 1 aromatic carbocycles. The molecule has 0 saturated heterocycles. The Bertz CT molecular complexity index is 564. The first-order valence-electron chi connectivity index (χ1n) is 6.03. The van der Waals surface area contributed by atoms with Gasteiger partial charge in [-0.25, -0.2) is 17.5 Å². The van der Waals surface area contributed by atoms with Crippen LogP contribution in [0.5, 0.6) is 0 Å². The van der Waals surface area contributed by atoms with Gasteiger partial charge in [-0.2, -0.15) is 0 Å². The zero-order chi connectivity index (χ0) is 14.0. The fourth-order valence-electron chi connectivity index (χ4n) is 2.24. The van der Waals surface area contributed by atoms with Gasteiger partial charge in [0.25, 0.3) is 0 Å². The Hall–Kier alpha value is -0.690. The van der Waals surface area contributed by atoms with Crippen LogP contribution in [0.25, 0.3) is 0 Å². The van der Waals surface area contributed by atoms with Gasteiger partial charge in [-0.05, 0) is 37.0 Å². The van der Waals surface area contributed by atoms with Gasteiger partial charge in [0, 0.05) is 11.6 Å². The number of rotatable bonds is 4. The number of benzene rings is 1. The molecule has 7 heteroatoms. The van der Waals surface area contributed by atoms with E-state index in [2.05, 4.69) is 4.72 Å². The number of aliphatic hydroxyl groups excluding tert-OH is 1. The van der Waals surface area contributed by atoms with Gasteiger partial charge >= 0.3 is 0 Å². The first-order chi connectivity index (χ1) is 8.90. The smallest absolute Gasteiger partial charge is 0.243 e. The van der Waals surface area contributed by atoms with E-state index < -0.39 is 26.8 Å². The molecule has 1 aliphatic carbocycles. The molecule has 0 heterocycles. The van der Waals surface area contributed by atoms with Gasteiger partial charge in [0.05, 0.1) is 6.10 Å². The Balaban J connectivity index is 2.09. The molecule has 1 aliphatic rings. The molecule has 2 unspecified atom stereocenters. The van der Waals surface area contributed by atoms with Crippen LogP contribution in [0.15, 0.2) is 23.1 Å². The van der Waals surface area contributed by atoms with E-state index in [1.54, 1.807) is 0 Å². The highest BCUT2D eigenvalue weighted by Crippen LogP contribution is 2.25. The second-order valence-electron chi connectivity index (χ2n) is 4.68. The van der Waals surface area contributed by atoms with Crippen LogP contribution in [0.3, 0.4) is 0 Å². The zero-order valence-electron chi connectivity index (χ0n) is 10.1. The van der Waals surface area contributed by atoms with Crippen molar-refractivity contribution in [2.75, 3.05) is 6.54 Å². The normalized spacial score (nSPS) is 23.7. The highest BCUT2D eigenvalue weighted by Gasteiger charge is 2.27. The van der Waals surface area contributed by atoms with Gasteiger partial charge in [0.2, 0.25) is 10.0 Å². The van der Waals surface area contributed by atoms with E-state index in [1.807, 2.05) is 0 Å². The minimum absolute atomic E-state index is 0.106. The third kappa shape index (κ3) is 3.45. The van der Waals surface area contributed by atoms with E-state index in [9.17, 15) is 17.9 Å². The standard InChI is InChI=1S/C12H15ClFNO3S/c13-9-4-5-12(10(14)6-9)19(17,18)15-7-8-2-1-3-11(8)16/h4-6,8,11,15-16H,1-3,7H2. The minimum atomic E-state index is -3.91. The van der Waals surface area contributed by atoms with Gasteiger partial charge in [-0.3, -0.25) is 0 Å². The van der Waals surface area contributed by atoms with Crippen LogP contribution in [0.2, 0.25) is 5.02 Å². The predicted octanol–water partition coefficient (Wildman–Crippen LogP) is 1.92. The van der Waals surface area contributed by atoms with Crippen molar-refractivity contribution < 1.29 is 17.9 Å². The van der Waals surface area contributed by atoms with Crippen LogP contribution in [0.1, 0.15) is 19.3 Å². The summed E-state index contributed by atoms with van der Waals surface area (Å²) in [5.41, 5.74) is 0. The number of sulfonamides is 1. The summed E-state index contributed by atoms with van der Waals surface area (Å²) in [6, 6.07) is 3.41. The summed E-state index contributed by atoms with van der Waals surface area (Å²) in [6.07, 6.45) is 1.84. The SMILES string of the molecule is O=S(=O)(NCC1CCCC1O)c1ccc(Cl)cc1F. The molecule has 0 aliphatic heterocycles. The molecule has 2 N–H and O–H groups in total. The second kappa shape index (κ2) is 5.75. The lowest BCUT2D eigenvalue weighted by Crippen LogP contribution is -2.32. The van der Waals surface area contributed by atoms with Crippen LogP contribution in [0.4, 0.5) is 4.39 Å². The first-order valence-corrected chi connectivity index (χ1v) is 7.89. The van der Waals surface area contributed by atoms with Gasteiger partial charge in [-0.1, -0.05) is 18.0 Å². The lowest BCUT2D eigenvalue weighted by atomic mass is 10.1. The summed E-state index contributed by atoms with van der Waals surface area (Å²) in [5, 5.41) is 9.76. The predicted molar refractivity (Wildman–Crippen MR) is 69.9 cm³/mol. The van der Waals surface area contributed by atoms with Crippen LogP contribution in [-0.4, -0.2) is 26.2 Å². The second-order valence-corrected chi connectivity index (χ2v) is 6.86. The monoisotopic (exact) mass is 307 g/mol. The molecule has 4 nitrogen and oxygen atoms in total. The van der Waals surface area contributed by atoms with Gasteiger partial charge < -0.3 is 5.11 Å². The molecule has 0 amide bonds. The number of halogens is 2. The zero-order valence-corrected chi connectivity index (χ0v) is 11.7. The van der Waals surface area contributed by atoms with Gasteiger partial charge in [0.1, 0.15) is 10.7 Å². The minimum Gasteiger partial charge on any atom is -0.393 e. The van der Waals surface area contributed by atoms with E-state index in [-0.39, 0.29) is 17.5 Å². The van der Waals surface area contributed by atoms with E-state index in [1.165, 1.54) is 6.07 Å². The van der Waals surface area contributed by atoms with Crippen molar-refractivity contribution in [3.05, 3.63) is 29.0 Å². The Labute approximate surface area is 116 Å². The highest BCUT2D eigenvalue weighted by molar-refractivity contribution is 7.89. The van der Waals surface area contributed by atoms with E-state index in [0.29, 0.717) is 6.42 Å². The largest absolute Gasteiger partial charge is 0.393 e. The van der Waals surface area contributed by atoms with E-state index >= 15 is 0 Å². The maximum Gasteiger partial charge on any atom is 0.243 e. The fourth-order valence-corrected chi connectivity index (χ4v) is 3.55. The Morgan fingerprint density at radius 3 is 2.74 bits per heavy atom. The molecule has 1 aromatic rings. The van der Waals surface area contributed by atoms with E-state index in [4.69, 9.17) is 11.6 Å². The molecule has 2 rings (SSSR count). The van der Waals surface area contributed by atoms with Crippen molar-refractivity contribution in [2.24, 2.45) is 5.92 Å². The third-order valence-electron chi connectivity index (χ3n) is 3.34. The Morgan fingerprint density at radius 1 is 1.42 bits per heavy atom. The quantitative estimate of drug-likeness (QED) is 0.893.